The fourth-order valence-electron chi connectivity index (χ4n) is 1.09. The summed E-state index contributed by atoms with van der Waals surface area (Å²) in [6.07, 6.45) is -0.513. The first kappa shape index (κ1) is 13.5. The molecule has 17 heavy (non-hydrogen) atoms. The van der Waals surface area contributed by atoms with Gasteiger partial charge >= 0.3 is 0 Å². The summed E-state index contributed by atoms with van der Waals surface area (Å²) in [4.78, 5) is 16.7. The molecule has 4 nitrogen and oxygen atoms in total. The van der Waals surface area contributed by atoms with Gasteiger partial charge < -0.3 is 9.57 Å². The highest BCUT2D eigenvalue weighted by Gasteiger charge is 2.14. The van der Waals surface area contributed by atoms with E-state index >= 15 is 0 Å². The fourth-order valence-corrected chi connectivity index (χ4v) is 1.09. The molecule has 4 heteroatoms. The molecule has 1 aromatic rings. The standard InChI is InChI=1S/C13H19NO3/c1-10(2)9-16-11(3)13(15)14-17-12-7-5-4-6-8-12/h4-8,10-11H,9H2,1-3H3,(H,14,15). The predicted octanol–water partition coefficient (Wildman–Crippen LogP) is 2.16. The number of ether oxygens (including phenoxy) is 1. The second-order valence-corrected chi connectivity index (χ2v) is 4.25. The summed E-state index contributed by atoms with van der Waals surface area (Å²) in [7, 11) is 0. The summed E-state index contributed by atoms with van der Waals surface area (Å²) in [5, 5.41) is 0. The molecular weight excluding hydrogens is 218 g/mol. The number of hydroxylamine groups is 1. The number of carbonyl (C=O) groups is 1. The summed E-state index contributed by atoms with van der Waals surface area (Å²) >= 11 is 0. The summed E-state index contributed by atoms with van der Waals surface area (Å²) < 4.78 is 5.36. The van der Waals surface area contributed by atoms with Crippen molar-refractivity contribution in [2.75, 3.05) is 6.61 Å². The van der Waals surface area contributed by atoms with Gasteiger partial charge in [0.2, 0.25) is 0 Å². The second kappa shape index (κ2) is 6.91. The lowest BCUT2D eigenvalue weighted by Gasteiger charge is -2.14. The molecule has 0 spiro atoms. The molecule has 0 radical (unpaired) electrons. The lowest BCUT2D eigenvalue weighted by molar-refractivity contribution is -0.139. The maximum Gasteiger partial charge on any atom is 0.281 e. The van der Waals surface area contributed by atoms with Crippen LogP contribution in [0.25, 0.3) is 0 Å². The third-order valence-corrected chi connectivity index (χ3v) is 2.06. The molecule has 0 fully saturated rings. The van der Waals surface area contributed by atoms with Crippen LogP contribution in [-0.4, -0.2) is 18.6 Å². The molecule has 0 heterocycles. The van der Waals surface area contributed by atoms with Crippen LogP contribution in [0.4, 0.5) is 0 Å². The van der Waals surface area contributed by atoms with E-state index in [4.69, 9.17) is 9.57 Å². The van der Waals surface area contributed by atoms with E-state index in [1.807, 2.05) is 32.0 Å². The number of nitrogens with one attached hydrogen (secondary N) is 1. The highest BCUT2D eigenvalue weighted by molar-refractivity contribution is 5.79. The van der Waals surface area contributed by atoms with Crippen LogP contribution in [0, 0.1) is 5.92 Å². The highest BCUT2D eigenvalue weighted by atomic mass is 16.7. The SMILES string of the molecule is CC(C)COC(C)C(=O)NOc1ccccc1. The lowest BCUT2D eigenvalue weighted by Crippen LogP contribution is -2.37. The Morgan fingerprint density at radius 1 is 1.24 bits per heavy atom. The minimum Gasteiger partial charge on any atom is -0.379 e. The van der Waals surface area contributed by atoms with E-state index < -0.39 is 6.10 Å². The van der Waals surface area contributed by atoms with Crippen molar-refractivity contribution in [2.24, 2.45) is 5.92 Å². The van der Waals surface area contributed by atoms with Gasteiger partial charge in [-0.1, -0.05) is 32.0 Å². The van der Waals surface area contributed by atoms with Gasteiger partial charge in [-0.3, -0.25) is 4.79 Å². The van der Waals surface area contributed by atoms with E-state index in [-0.39, 0.29) is 5.91 Å². The van der Waals surface area contributed by atoms with Crippen molar-refractivity contribution in [3.05, 3.63) is 30.3 Å². The van der Waals surface area contributed by atoms with Crippen molar-refractivity contribution >= 4 is 5.91 Å². The van der Waals surface area contributed by atoms with E-state index in [1.54, 1.807) is 19.1 Å². The van der Waals surface area contributed by atoms with Crippen LogP contribution in [0.15, 0.2) is 30.3 Å². The molecule has 0 bridgehead atoms. The molecule has 0 aliphatic rings. The van der Waals surface area contributed by atoms with Gasteiger partial charge in [0.15, 0.2) is 5.75 Å². The third kappa shape index (κ3) is 5.36. The zero-order valence-corrected chi connectivity index (χ0v) is 10.5. The zero-order valence-electron chi connectivity index (χ0n) is 10.5. The monoisotopic (exact) mass is 237 g/mol. The van der Waals surface area contributed by atoms with Crippen LogP contribution < -0.4 is 10.3 Å². The van der Waals surface area contributed by atoms with Crippen LogP contribution in [0.1, 0.15) is 20.8 Å². The van der Waals surface area contributed by atoms with Gasteiger partial charge in [0.05, 0.1) is 0 Å². The number of para-hydroxylation sites is 1. The Balaban J connectivity index is 2.29. The molecule has 0 saturated carbocycles. The van der Waals surface area contributed by atoms with Crippen molar-refractivity contribution < 1.29 is 14.4 Å². The molecule has 1 unspecified atom stereocenters. The fraction of sp³-hybridized carbons (Fsp3) is 0.462. The number of amides is 1. The molecule has 94 valence electrons. The van der Waals surface area contributed by atoms with E-state index in [0.29, 0.717) is 18.3 Å². The van der Waals surface area contributed by atoms with Crippen molar-refractivity contribution in [3.8, 4) is 5.75 Å². The van der Waals surface area contributed by atoms with Gasteiger partial charge in [0.25, 0.3) is 5.91 Å². The average Bonchev–Trinajstić information content (AvgIpc) is 2.34. The normalized spacial score (nSPS) is 12.2. The number of carbonyl (C=O) groups excluding carboxylic acids is 1. The maximum absolute atomic E-state index is 11.6. The van der Waals surface area contributed by atoms with Crippen LogP contribution in [0.3, 0.4) is 0 Å². The summed E-state index contributed by atoms with van der Waals surface area (Å²) in [5.41, 5.74) is 2.36. The molecule has 1 atom stereocenters. The molecule has 1 aromatic carbocycles. The molecule has 0 saturated heterocycles. The first-order valence-corrected chi connectivity index (χ1v) is 5.73. The van der Waals surface area contributed by atoms with E-state index in [0.717, 1.165) is 0 Å². The van der Waals surface area contributed by atoms with Crippen LogP contribution >= 0.6 is 0 Å². The first-order valence-electron chi connectivity index (χ1n) is 5.73. The Morgan fingerprint density at radius 3 is 2.47 bits per heavy atom. The highest BCUT2D eigenvalue weighted by Crippen LogP contribution is 2.06. The van der Waals surface area contributed by atoms with Crippen LogP contribution in [-0.2, 0) is 9.53 Å². The minimum absolute atomic E-state index is 0.283. The second-order valence-electron chi connectivity index (χ2n) is 4.25. The van der Waals surface area contributed by atoms with Gasteiger partial charge in [0, 0.05) is 6.61 Å². The Hall–Kier alpha value is -1.55. The summed E-state index contributed by atoms with van der Waals surface area (Å²) in [6.45, 7) is 6.32. The Morgan fingerprint density at radius 2 is 1.88 bits per heavy atom. The Labute approximate surface area is 102 Å². The maximum atomic E-state index is 11.6. The Bertz CT molecular complexity index is 338. The van der Waals surface area contributed by atoms with E-state index in [1.165, 1.54) is 0 Å². The van der Waals surface area contributed by atoms with Gasteiger partial charge in [-0.2, -0.15) is 5.48 Å². The molecule has 0 aliphatic heterocycles. The smallest absolute Gasteiger partial charge is 0.281 e. The van der Waals surface area contributed by atoms with Gasteiger partial charge in [-0.15, -0.1) is 0 Å². The quantitative estimate of drug-likeness (QED) is 0.771. The van der Waals surface area contributed by atoms with Crippen molar-refractivity contribution in [2.45, 2.75) is 26.9 Å². The summed E-state index contributed by atoms with van der Waals surface area (Å²) in [5.74, 6) is 0.715. The molecular formula is C13H19NO3. The molecule has 0 aromatic heterocycles. The predicted molar refractivity (Wildman–Crippen MR) is 65.5 cm³/mol. The molecule has 1 N–H and O–H groups in total. The van der Waals surface area contributed by atoms with Gasteiger partial charge in [-0.25, -0.2) is 0 Å². The van der Waals surface area contributed by atoms with E-state index in [9.17, 15) is 4.79 Å². The summed E-state index contributed by atoms with van der Waals surface area (Å²) in [6, 6.07) is 9.07. The van der Waals surface area contributed by atoms with Crippen molar-refractivity contribution in [1.82, 2.24) is 5.48 Å². The number of hydrogen-bond donors (Lipinski definition) is 1. The lowest BCUT2D eigenvalue weighted by atomic mass is 10.2. The molecule has 1 amide bonds. The van der Waals surface area contributed by atoms with Gasteiger partial charge in [-0.05, 0) is 25.0 Å². The number of hydrogen-bond acceptors (Lipinski definition) is 3. The van der Waals surface area contributed by atoms with Gasteiger partial charge in [0.1, 0.15) is 6.10 Å². The first-order chi connectivity index (χ1) is 8.09. The molecule has 0 aliphatic carbocycles. The van der Waals surface area contributed by atoms with Crippen molar-refractivity contribution in [1.29, 1.82) is 0 Å². The van der Waals surface area contributed by atoms with E-state index in [2.05, 4.69) is 5.48 Å². The number of benzene rings is 1. The average molecular weight is 237 g/mol. The van der Waals surface area contributed by atoms with Crippen molar-refractivity contribution in [3.63, 3.8) is 0 Å². The van der Waals surface area contributed by atoms with Crippen LogP contribution in [0.2, 0.25) is 0 Å². The van der Waals surface area contributed by atoms with Crippen LogP contribution in [0.5, 0.6) is 5.75 Å². The molecule has 1 rings (SSSR count). The largest absolute Gasteiger partial charge is 0.379 e. The zero-order chi connectivity index (χ0) is 12.7. The number of rotatable bonds is 6. The Kier molecular flexibility index (Phi) is 5.49. The topological polar surface area (TPSA) is 47.6 Å². The third-order valence-electron chi connectivity index (χ3n) is 2.06. The minimum atomic E-state index is -0.513.